The highest BCUT2D eigenvalue weighted by atomic mass is 35.5. The van der Waals surface area contributed by atoms with Crippen molar-refractivity contribution in [3.63, 3.8) is 0 Å². The number of likely N-dealkylation sites (N-methyl/N-ethyl adjacent to an activating group) is 2. The van der Waals surface area contributed by atoms with Crippen molar-refractivity contribution in [2.45, 2.75) is 12.3 Å². The Bertz CT molecular complexity index is 3610. The lowest BCUT2D eigenvalue weighted by molar-refractivity contribution is -0.126. The van der Waals surface area contributed by atoms with Gasteiger partial charge in [-0.25, -0.2) is 46.6 Å². The third-order valence-electron chi connectivity index (χ3n) is 11.0. The second-order valence-electron chi connectivity index (χ2n) is 17.1. The summed E-state index contributed by atoms with van der Waals surface area (Å²) in [5, 5.41) is 2.42. The maximum Gasteiger partial charge on any atom is 0.247 e. The Morgan fingerprint density at radius 2 is 1.09 bits per heavy atom. The second kappa shape index (κ2) is 28.9. The van der Waals surface area contributed by atoms with Gasteiger partial charge in [-0.15, -0.1) is 0 Å². The van der Waals surface area contributed by atoms with Crippen LogP contribution in [0.25, 0.3) is 27.9 Å². The van der Waals surface area contributed by atoms with E-state index in [1.165, 1.54) is 39.1 Å². The number of aryl methyl sites for hydroxylation is 2. The maximum absolute atomic E-state index is 13.1. The van der Waals surface area contributed by atoms with Crippen LogP contribution in [0.4, 0.5) is 0 Å². The van der Waals surface area contributed by atoms with Gasteiger partial charge in [0, 0.05) is 77.1 Å². The van der Waals surface area contributed by atoms with Crippen LogP contribution >= 0.6 is 28.1 Å². The molecule has 0 spiro atoms. The largest absolute Gasteiger partial charge is 0.351 e. The standard InChI is InChI=1S/C19H20N2O3S.C10H12ClNO2S.C10H13NO3S.C9H9N.C5H11NO2P2S/c1-20-13-16(15-11-7-8-12-17(15)20)18(14-9-5-4-6-10-14)19(22)21(2)25(3,23)24;1-12(15(2,13)14)10(11)8-9-6-4-3-5-7-9;1-11(15(2,13)14)10(12)8-9-6-4-3-5-7-9;1-10-7-6-8-4-2-3-5-9(8)10;1-6(11(3,7)8)4-5-10(2)9/h4-13,18H,1-3H3;3-8H,1-2H3;3-7H,8H2,1-2H3;2-7H,1H3;9H2,1-3H3/b;10-8-;;;. The molecule has 7 rings (SSSR count). The number of amides is 2. The van der Waals surface area contributed by atoms with Gasteiger partial charge in [0.25, 0.3) is 0 Å². The number of rotatable bonds is 11. The Morgan fingerprint density at radius 3 is 1.59 bits per heavy atom. The van der Waals surface area contributed by atoms with E-state index in [0.29, 0.717) is 0 Å². The van der Waals surface area contributed by atoms with E-state index in [0.717, 1.165) is 75.4 Å². The fourth-order valence-corrected chi connectivity index (χ4v) is 9.00. The van der Waals surface area contributed by atoms with Crippen LogP contribution in [-0.4, -0.2) is 132 Å². The number of halogens is 1. The Morgan fingerprint density at radius 1 is 0.618 bits per heavy atom. The van der Waals surface area contributed by atoms with Crippen LogP contribution in [0.2, 0.25) is 0 Å². The van der Waals surface area contributed by atoms with Crippen molar-refractivity contribution in [3.8, 4) is 11.7 Å². The van der Waals surface area contributed by atoms with E-state index < -0.39 is 65.4 Å². The molecule has 2 aromatic heterocycles. The number of hydrogen-bond donors (Lipinski definition) is 0. The molecule has 0 N–H and O–H groups in total. The molecule has 408 valence electrons. The van der Waals surface area contributed by atoms with Gasteiger partial charge < -0.3 is 9.13 Å². The van der Waals surface area contributed by atoms with Gasteiger partial charge in [-0.3, -0.25) is 13.9 Å². The van der Waals surface area contributed by atoms with Crippen LogP contribution in [0.3, 0.4) is 0 Å². The minimum atomic E-state index is -3.63. The highest BCUT2D eigenvalue weighted by Gasteiger charge is 2.32. The van der Waals surface area contributed by atoms with Gasteiger partial charge in [-0.1, -0.05) is 148 Å². The topological polar surface area (TPSA) is 194 Å². The lowest BCUT2D eigenvalue weighted by Gasteiger charge is -2.22. The predicted molar refractivity (Wildman–Crippen MR) is 315 cm³/mol. The van der Waals surface area contributed by atoms with Crippen LogP contribution in [0.15, 0.2) is 163 Å². The number of carbonyl (C=O) groups is 2. The zero-order valence-corrected chi connectivity index (χ0v) is 50.2. The van der Waals surface area contributed by atoms with Crippen molar-refractivity contribution >= 4 is 108 Å². The fraction of sp³-hybridized carbons (Fsp3) is 0.245. The molecule has 0 aliphatic rings. The minimum absolute atomic E-state index is 0.102. The van der Waals surface area contributed by atoms with E-state index in [2.05, 4.69) is 68.8 Å². The summed E-state index contributed by atoms with van der Waals surface area (Å²) in [6.45, 7) is 1.93. The average molecular weight is 1170 g/mol. The van der Waals surface area contributed by atoms with E-state index in [4.69, 9.17) is 11.6 Å². The molecule has 5 aromatic carbocycles. The summed E-state index contributed by atoms with van der Waals surface area (Å²) >= 11 is 5.86. The third kappa shape index (κ3) is 20.5. The Kier molecular flexibility index (Phi) is 24.5. The molecule has 16 nitrogen and oxygen atoms in total. The van der Waals surface area contributed by atoms with Gasteiger partial charge in [0.15, 0.2) is 0 Å². The first-order chi connectivity index (χ1) is 35.3. The maximum atomic E-state index is 13.1. The molecule has 3 atom stereocenters. The molecular formula is C53H65ClN6O10P2S4. The zero-order valence-electron chi connectivity index (χ0n) is 44.2. The molecule has 3 unspecified atom stereocenters. The first-order valence-corrected chi connectivity index (χ1v) is 33.9. The lowest BCUT2D eigenvalue weighted by atomic mass is 9.90. The molecule has 76 heavy (non-hydrogen) atoms. The normalized spacial score (nSPS) is 12.2. The first-order valence-electron chi connectivity index (χ1n) is 22.7. The molecule has 7 aromatic rings. The molecule has 0 fully saturated rings. The number of aromatic nitrogens is 2. The van der Waals surface area contributed by atoms with Crippen molar-refractivity contribution in [2.75, 3.05) is 59.9 Å². The molecule has 0 aliphatic heterocycles. The Labute approximate surface area is 458 Å². The van der Waals surface area contributed by atoms with Crippen molar-refractivity contribution in [1.29, 1.82) is 0 Å². The zero-order chi connectivity index (χ0) is 57.2. The second-order valence-corrected chi connectivity index (χ2v) is 29.3. The van der Waals surface area contributed by atoms with Gasteiger partial charge in [0.2, 0.25) is 51.9 Å². The molecule has 23 heteroatoms. The monoisotopic (exact) mass is 1170 g/mol. The third-order valence-corrected chi connectivity index (χ3v) is 17.0. The first kappa shape index (κ1) is 64.3. The Hall–Kier alpha value is -6.03. The Balaban J connectivity index is 0.000000262. The molecular weight excluding hydrogens is 1110 g/mol. The number of carbonyl (C=O) groups excluding carboxylic acids is 2. The molecule has 0 saturated carbocycles. The van der Waals surface area contributed by atoms with Gasteiger partial charge in [-0.05, 0) is 71.9 Å². The van der Waals surface area contributed by atoms with Gasteiger partial charge in [0.1, 0.15) is 5.16 Å². The summed E-state index contributed by atoms with van der Waals surface area (Å²) in [5.74, 6) is -1.58. The summed E-state index contributed by atoms with van der Waals surface area (Å²) in [4.78, 5) is 24.6. The molecule has 0 bridgehead atoms. The van der Waals surface area contributed by atoms with Crippen LogP contribution in [0, 0.1) is 11.7 Å². The summed E-state index contributed by atoms with van der Waals surface area (Å²) in [6, 6.07) is 48.4. The van der Waals surface area contributed by atoms with Crippen LogP contribution in [0.5, 0.6) is 0 Å². The highest BCUT2D eigenvalue weighted by Crippen LogP contribution is 2.38. The number of fused-ring (bicyclic) bond motifs is 2. The summed E-state index contributed by atoms with van der Waals surface area (Å²) < 4.78 is 97.5. The van der Waals surface area contributed by atoms with Crippen molar-refractivity contribution < 1.29 is 43.3 Å². The van der Waals surface area contributed by atoms with E-state index in [1.54, 1.807) is 18.2 Å². The minimum Gasteiger partial charge on any atom is -0.351 e. The average Bonchev–Trinajstić information content (AvgIpc) is 3.91. The smallest absolute Gasteiger partial charge is 0.247 e. The van der Waals surface area contributed by atoms with E-state index >= 15 is 0 Å². The molecule has 0 radical (unpaired) electrons. The summed E-state index contributed by atoms with van der Waals surface area (Å²) in [6.07, 6.45) is 9.95. The van der Waals surface area contributed by atoms with Gasteiger partial charge in [-0.2, -0.15) is 0 Å². The van der Waals surface area contributed by atoms with E-state index in [9.17, 15) is 43.3 Å². The van der Waals surface area contributed by atoms with Crippen molar-refractivity contribution in [2.24, 2.45) is 14.1 Å². The molecule has 0 aliphatic carbocycles. The predicted octanol–water partition coefficient (Wildman–Crippen LogP) is 8.37. The summed E-state index contributed by atoms with van der Waals surface area (Å²) in [5.41, 5.74) is 8.29. The fourth-order valence-electron chi connectivity index (χ4n) is 6.51. The van der Waals surface area contributed by atoms with E-state index in [1.807, 2.05) is 128 Å². The van der Waals surface area contributed by atoms with Crippen LogP contribution in [0.1, 0.15) is 28.2 Å². The van der Waals surface area contributed by atoms with Crippen LogP contribution in [-0.2, 0) is 70.2 Å². The number of sulfonamides is 4. The SMILES string of the molecule is CN(/C(Cl)=C\c1ccccc1)S(C)(=O)=O.CN(C#CP(C)P)S(C)(=O)=O.CN(C(=O)C(c1ccccc1)c1cn(C)c2ccccc12)S(C)(=O)=O.CN(C(=O)Cc1ccccc1)S(C)(=O)=O.Cn1ccc2ccccc21. The summed E-state index contributed by atoms with van der Waals surface area (Å²) in [7, 11) is -2.00. The molecule has 0 saturated heterocycles. The lowest BCUT2D eigenvalue weighted by Crippen LogP contribution is -2.36. The van der Waals surface area contributed by atoms with Gasteiger partial charge >= 0.3 is 0 Å². The molecule has 2 heterocycles. The van der Waals surface area contributed by atoms with Crippen molar-refractivity contribution in [1.82, 2.24) is 26.4 Å². The van der Waals surface area contributed by atoms with E-state index in [-0.39, 0.29) is 11.6 Å². The number of nitrogens with zero attached hydrogens (tertiary/aromatic N) is 6. The number of benzene rings is 5. The highest BCUT2D eigenvalue weighted by molar-refractivity contribution is 8.16. The molecule has 2 amide bonds. The van der Waals surface area contributed by atoms with Crippen LogP contribution < -0.4 is 0 Å². The number of hydrogen-bond acceptors (Lipinski definition) is 10. The van der Waals surface area contributed by atoms with Gasteiger partial charge in [0.05, 0.1) is 37.4 Å². The quantitative estimate of drug-likeness (QED) is 0.0526. The number of para-hydroxylation sites is 2. The van der Waals surface area contributed by atoms with Crippen molar-refractivity contribution in [3.05, 3.63) is 185 Å².